The molecule has 2 aromatic rings. The van der Waals surface area contributed by atoms with E-state index >= 15 is 0 Å². The van der Waals surface area contributed by atoms with Crippen molar-refractivity contribution in [1.82, 2.24) is 25.2 Å². The Hall–Kier alpha value is -2.18. The highest BCUT2D eigenvalue weighted by Gasteiger charge is 2.31. The van der Waals surface area contributed by atoms with Gasteiger partial charge in [0.05, 0.1) is 17.5 Å². The van der Waals surface area contributed by atoms with E-state index in [1.807, 2.05) is 4.90 Å². The van der Waals surface area contributed by atoms with Crippen molar-refractivity contribution in [2.75, 3.05) is 13.1 Å². The number of amides is 1. The van der Waals surface area contributed by atoms with E-state index in [0.29, 0.717) is 5.92 Å². The average molecular weight is 371 g/mol. The van der Waals surface area contributed by atoms with Gasteiger partial charge in [0.1, 0.15) is 0 Å². The predicted molar refractivity (Wildman–Crippen MR) is 101 cm³/mol. The number of carbonyl (C=O) groups excluding carboxylic acids is 1. The molecule has 1 N–H and O–H groups in total. The lowest BCUT2D eigenvalue weighted by Gasteiger charge is -2.31. The molecule has 1 saturated carbocycles. The van der Waals surface area contributed by atoms with Gasteiger partial charge in [-0.1, -0.05) is 38.3 Å². The first kappa shape index (κ1) is 18.2. The van der Waals surface area contributed by atoms with Crippen molar-refractivity contribution in [2.24, 2.45) is 0 Å². The Labute approximate surface area is 159 Å². The first-order valence-electron chi connectivity index (χ1n) is 10.3. The monoisotopic (exact) mass is 371 g/mol. The van der Waals surface area contributed by atoms with Crippen molar-refractivity contribution in [3.8, 4) is 0 Å². The fraction of sp³-hybridized carbons (Fsp3) is 0.700. The van der Waals surface area contributed by atoms with Crippen LogP contribution in [-0.4, -0.2) is 44.2 Å². The van der Waals surface area contributed by atoms with E-state index < -0.39 is 0 Å². The number of rotatable bonds is 4. The summed E-state index contributed by atoms with van der Waals surface area (Å²) in [4.78, 5) is 19.6. The van der Waals surface area contributed by atoms with Gasteiger partial charge in [-0.25, -0.2) is 0 Å². The molecule has 0 spiro atoms. The van der Waals surface area contributed by atoms with E-state index in [1.54, 1.807) is 6.20 Å². The second kappa shape index (κ2) is 7.82. The van der Waals surface area contributed by atoms with E-state index in [-0.39, 0.29) is 17.7 Å². The summed E-state index contributed by atoms with van der Waals surface area (Å²) >= 11 is 0. The Morgan fingerprint density at radius 1 is 1.15 bits per heavy atom. The topological polar surface area (TPSA) is 87.9 Å². The van der Waals surface area contributed by atoms with Crippen molar-refractivity contribution < 1.29 is 9.32 Å². The largest absolute Gasteiger partial charge is 0.339 e. The SMILES string of the molecule is CC(C)c1noc(C2CCN(C(=O)c3cn[nH]c3C3CCCCC3)CC2)n1. The van der Waals surface area contributed by atoms with Gasteiger partial charge in [0, 0.05) is 30.8 Å². The maximum absolute atomic E-state index is 13.1. The van der Waals surface area contributed by atoms with E-state index in [2.05, 4.69) is 34.2 Å². The van der Waals surface area contributed by atoms with Crippen LogP contribution in [0.15, 0.2) is 10.7 Å². The molecule has 2 aliphatic rings. The van der Waals surface area contributed by atoms with Gasteiger partial charge in [0.2, 0.25) is 5.89 Å². The highest BCUT2D eigenvalue weighted by Crippen LogP contribution is 2.34. The first-order chi connectivity index (χ1) is 13.1. The van der Waals surface area contributed by atoms with Gasteiger partial charge in [0.15, 0.2) is 5.82 Å². The number of hydrogen-bond acceptors (Lipinski definition) is 5. The van der Waals surface area contributed by atoms with Crippen LogP contribution in [0.1, 0.15) is 104 Å². The molecule has 1 aliphatic carbocycles. The Morgan fingerprint density at radius 3 is 2.56 bits per heavy atom. The molecule has 0 aromatic carbocycles. The molecule has 7 heteroatoms. The molecule has 1 amide bonds. The first-order valence-corrected chi connectivity index (χ1v) is 10.3. The standard InChI is InChI=1S/C20H29N5O2/c1-13(2)18-22-19(27-24-18)15-8-10-25(11-9-15)20(26)16-12-21-23-17(16)14-6-4-3-5-7-14/h12-15H,3-11H2,1-2H3,(H,21,23). The number of likely N-dealkylation sites (tertiary alicyclic amines) is 1. The maximum atomic E-state index is 13.1. The maximum Gasteiger partial charge on any atom is 0.257 e. The molecule has 27 heavy (non-hydrogen) atoms. The number of aromatic amines is 1. The molecule has 2 fully saturated rings. The van der Waals surface area contributed by atoms with Crippen LogP contribution in [0.25, 0.3) is 0 Å². The summed E-state index contributed by atoms with van der Waals surface area (Å²) in [5, 5.41) is 11.4. The summed E-state index contributed by atoms with van der Waals surface area (Å²) in [6, 6.07) is 0. The van der Waals surface area contributed by atoms with Crippen molar-refractivity contribution in [1.29, 1.82) is 0 Å². The van der Waals surface area contributed by atoms with Crippen LogP contribution in [0, 0.1) is 0 Å². The van der Waals surface area contributed by atoms with E-state index in [1.165, 1.54) is 19.3 Å². The number of nitrogens with zero attached hydrogens (tertiary/aromatic N) is 4. The Morgan fingerprint density at radius 2 is 1.89 bits per heavy atom. The van der Waals surface area contributed by atoms with Crippen molar-refractivity contribution in [2.45, 2.75) is 76.5 Å². The van der Waals surface area contributed by atoms with Crippen LogP contribution >= 0.6 is 0 Å². The zero-order valence-corrected chi connectivity index (χ0v) is 16.3. The minimum atomic E-state index is 0.108. The lowest BCUT2D eigenvalue weighted by Crippen LogP contribution is -2.38. The molecule has 1 aliphatic heterocycles. The summed E-state index contributed by atoms with van der Waals surface area (Å²) in [5.41, 5.74) is 1.81. The molecule has 3 heterocycles. The smallest absolute Gasteiger partial charge is 0.257 e. The molecule has 4 rings (SSSR count). The van der Waals surface area contributed by atoms with E-state index in [4.69, 9.17) is 4.52 Å². The van der Waals surface area contributed by atoms with Crippen LogP contribution in [0.5, 0.6) is 0 Å². The minimum absolute atomic E-state index is 0.108. The number of hydrogen-bond donors (Lipinski definition) is 1. The second-order valence-corrected chi connectivity index (χ2v) is 8.24. The number of nitrogens with one attached hydrogen (secondary N) is 1. The third-order valence-electron chi connectivity index (χ3n) is 6.02. The molecule has 0 bridgehead atoms. The Bertz CT molecular complexity index is 767. The van der Waals surface area contributed by atoms with Crippen LogP contribution in [0.3, 0.4) is 0 Å². The number of piperidine rings is 1. The molecule has 0 unspecified atom stereocenters. The minimum Gasteiger partial charge on any atom is -0.339 e. The molecule has 1 saturated heterocycles. The van der Waals surface area contributed by atoms with Gasteiger partial charge in [0.25, 0.3) is 5.91 Å². The van der Waals surface area contributed by atoms with Gasteiger partial charge in [-0.05, 0) is 25.7 Å². The summed E-state index contributed by atoms with van der Waals surface area (Å²) in [6.45, 7) is 5.56. The molecule has 146 valence electrons. The highest BCUT2D eigenvalue weighted by atomic mass is 16.5. The highest BCUT2D eigenvalue weighted by molar-refractivity contribution is 5.95. The lowest BCUT2D eigenvalue weighted by atomic mass is 9.85. The molecule has 7 nitrogen and oxygen atoms in total. The summed E-state index contributed by atoms with van der Waals surface area (Å²) < 4.78 is 5.45. The predicted octanol–water partition coefficient (Wildman–Crippen LogP) is 3.98. The van der Waals surface area contributed by atoms with Gasteiger partial charge in [-0.15, -0.1) is 0 Å². The van der Waals surface area contributed by atoms with Gasteiger partial charge < -0.3 is 9.42 Å². The number of carbonyl (C=O) groups is 1. The molecule has 0 radical (unpaired) electrons. The normalized spacial score (nSPS) is 19.7. The van der Waals surface area contributed by atoms with Crippen molar-refractivity contribution >= 4 is 5.91 Å². The third-order valence-corrected chi connectivity index (χ3v) is 6.02. The van der Waals surface area contributed by atoms with Crippen LogP contribution < -0.4 is 0 Å². The molecular weight excluding hydrogens is 342 g/mol. The second-order valence-electron chi connectivity index (χ2n) is 8.24. The quantitative estimate of drug-likeness (QED) is 0.878. The lowest BCUT2D eigenvalue weighted by molar-refractivity contribution is 0.0702. The van der Waals surface area contributed by atoms with E-state index in [9.17, 15) is 4.79 Å². The summed E-state index contributed by atoms with van der Waals surface area (Å²) in [6.07, 6.45) is 9.53. The average Bonchev–Trinajstić information content (AvgIpc) is 3.38. The molecular formula is C20H29N5O2. The van der Waals surface area contributed by atoms with Gasteiger partial charge >= 0.3 is 0 Å². The number of aromatic nitrogens is 4. The zero-order valence-electron chi connectivity index (χ0n) is 16.3. The zero-order chi connectivity index (χ0) is 18.8. The molecule has 0 atom stereocenters. The molecule has 2 aromatic heterocycles. The summed E-state index contributed by atoms with van der Waals surface area (Å²) in [5.74, 6) is 2.55. The summed E-state index contributed by atoms with van der Waals surface area (Å²) in [7, 11) is 0. The Balaban J connectivity index is 1.39. The third kappa shape index (κ3) is 3.77. The number of H-pyrrole nitrogens is 1. The Kier molecular flexibility index (Phi) is 5.27. The fourth-order valence-electron chi connectivity index (χ4n) is 4.32. The van der Waals surface area contributed by atoms with Crippen LogP contribution in [0.4, 0.5) is 0 Å². The van der Waals surface area contributed by atoms with E-state index in [0.717, 1.165) is 61.7 Å². The van der Waals surface area contributed by atoms with Crippen LogP contribution in [-0.2, 0) is 0 Å². The van der Waals surface area contributed by atoms with Crippen molar-refractivity contribution in [3.63, 3.8) is 0 Å². The van der Waals surface area contributed by atoms with Crippen molar-refractivity contribution in [3.05, 3.63) is 29.2 Å². The van der Waals surface area contributed by atoms with Gasteiger partial charge in [-0.2, -0.15) is 10.1 Å². The fourth-order valence-corrected chi connectivity index (χ4v) is 4.32. The van der Waals surface area contributed by atoms with Crippen LogP contribution in [0.2, 0.25) is 0 Å². The van der Waals surface area contributed by atoms with Gasteiger partial charge in [-0.3, -0.25) is 9.89 Å².